The monoisotopic (exact) mass is 935 g/mol. The van der Waals surface area contributed by atoms with Gasteiger partial charge in [0.05, 0.1) is 42.0 Å². The van der Waals surface area contributed by atoms with E-state index in [0.717, 1.165) is 6.92 Å². The van der Waals surface area contributed by atoms with Gasteiger partial charge in [-0.2, -0.15) is 0 Å². The van der Waals surface area contributed by atoms with Crippen LogP contribution in [0.25, 0.3) is 0 Å². The quantitative estimate of drug-likeness (QED) is 0.0907. The summed E-state index contributed by atoms with van der Waals surface area (Å²) in [5, 5.41) is 59.9. The zero-order chi connectivity index (χ0) is 49.4. The fraction of sp³-hybridized carbons (Fsp3) is 0.574. The first-order valence-corrected chi connectivity index (χ1v) is 22.6. The summed E-state index contributed by atoms with van der Waals surface area (Å²) in [4.78, 5) is 106. The van der Waals surface area contributed by atoms with Crippen molar-refractivity contribution in [1.29, 1.82) is 0 Å². The second-order valence-corrected chi connectivity index (χ2v) is 18.9. The van der Waals surface area contributed by atoms with Gasteiger partial charge in [-0.15, -0.1) is 0 Å². The van der Waals surface area contributed by atoms with E-state index in [1.165, 1.54) is 39.2 Å². The molecule has 1 unspecified atom stereocenters. The molecular formula is C47H61N5O15. The number of benzene rings is 2. The van der Waals surface area contributed by atoms with Gasteiger partial charge in [-0.05, 0) is 57.9 Å². The van der Waals surface area contributed by atoms with Crippen LogP contribution in [-0.4, -0.2) is 129 Å². The Labute approximate surface area is 387 Å². The van der Waals surface area contributed by atoms with E-state index in [4.69, 9.17) is 14.2 Å². The fourth-order valence-corrected chi connectivity index (χ4v) is 9.22. The van der Waals surface area contributed by atoms with E-state index in [1.54, 1.807) is 0 Å². The number of carbonyl (C=O) groups is 8. The van der Waals surface area contributed by atoms with Crippen molar-refractivity contribution in [3.63, 3.8) is 0 Å². The number of fused-ring (bicyclic) bond motifs is 3. The minimum atomic E-state index is -2.18. The molecule has 0 spiro atoms. The molecule has 0 radical (unpaired) electrons. The summed E-state index contributed by atoms with van der Waals surface area (Å²) in [6.07, 6.45) is -5.53. The van der Waals surface area contributed by atoms with Crippen molar-refractivity contribution in [3.8, 4) is 17.2 Å². The molecule has 9 N–H and O–H groups in total. The zero-order valence-electron chi connectivity index (χ0n) is 38.8. The van der Waals surface area contributed by atoms with Crippen molar-refractivity contribution in [3.05, 3.63) is 51.6 Å². The molecule has 5 amide bonds. The predicted molar refractivity (Wildman–Crippen MR) is 236 cm³/mol. The second-order valence-electron chi connectivity index (χ2n) is 18.9. The van der Waals surface area contributed by atoms with Crippen molar-refractivity contribution in [1.82, 2.24) is 26.6 Å². The lowest BCUT2D eigenvalue weighted by Crippen LogP contribution is -2.60. The molecule has 0 bridgehead atoms. The van der Waals surface area contributed by atoms with Gasteiger partial charge in [0.1, 0.15) is 53.1 Å². The van der Waals surface area contributed by atoms with Crippen molar-refractivity contribution in [2.24, 2.45) is 11.8 Å². The average molecular weight is 936 g/mol. The number of amides is 5. The molecule has 2 saturated heterocycles. The van der Waals surface area contributed by atoms with Crippen LogP contribution >= 0.6 is 0 Å². The molecular weight excluding hydrogens is 875 g/mol. The third-order valence-electron chi connectivity index (χ3n) is 12.8. The van der Waals surface area contributed by atoms with Crippen molar-refractivity contribution in [2.45, 2.75) is 154 Å². The highest BCUT2D eigenvalue weighted by Crippen LogP contribution is 2.52. The number of aromatic hydroxyl groups is 2. The number of Topliss-reactive ketones (excluding diaryl/α,β-unsaturated/α-hetero) is 1. The zero-order valence-corrected chi connectivity index (χ0v) is 38.8. The Morgan fingerprint density at radius 2 is 1.52 bits per heavy atom. The number of methoxy groups -OCH3 is 1. The average Bonchev–Trinajstić information content (AvgIpc) is 3.70. The van der Waals surface area contributed by atoms with Gasteiger partial charge in [0.2, 0.25) is 35.3 Å². The van der Waals surface area contributed by atoms with Gasteiger partial charge in [-0.25, -0.2) is 0 Å². The Bertz CT molecular complexity index is 2350. The highest BCUT2D eigenvalue weighted by molar-refractivity contribution is 6.31. The molecule has 2 aliphatic heterocycles. The first-order chi connectivity index (χ1) is 31.5. The molecule has 2 fully saturated rings. The van der Waals surface area contributed by atoms with E-state index < -0.39 is 137 Å². The fourth-order valence-electron chi connectivity index (χ4n) is 9.22. The van der Waals surface area contributed by atoms with Crippen LogP contribution in [0.15, 0.2) is 18.2 Å². The summed E-state index contributed by atoms with van der Waals surface area (Å²) in [6.45, 7) is 11.4. The molecule has 10 atom stereocenters. The number of phenolic OH excluding ortho intramolecular Hbond substituents is 2. The van der Waals surface area contributed by atoms with E-state index >= 15 is 0 Å². The Balaban J connectivity index is 1.20. The maximum absolute atomic E-state index is 14.1. The normalized spacial score (nSPS) is 25.8. The molecule has 0 aromatic heterocycles. The predicted octanol–water partition coefficient (Wildman–Crippen LogP) is 1.03. The minimum absolute atomic E-state index is 0.0276. The van der Waals surface area contributed by atoms with Crippen molar-refractivity contribution in [2.75, 3.05) is 7.11 Å². The lowest BCUT2D eigenvalue weighted by molar-refractivity contribution is -0.249. The summed E-state index contributed by atoms with van der Waals surface area (Å²) in [7, 11) is 1.30. The summed E-state index contributed by atoms with van der Waals surface area (Å²) < 4.78 is 17.7. The molecule has 2 aliphatic carbocycles. The second kappa shape index (κ2) is 20.1. The van der Waals surface area contributed by atoms with Gasteiger partial charge in [-0.3, -0.25) is 38.4 Å². The lowest BCUT2D eigenvalue weighted by Gasteiger charge is -2.43. The molecule has 2 aromatic rings. The van der Waals surface area contributed by atoms with Crippen LogP contribution in [0.1, 0.15) is 136 Å². The van der Waals surface area contributed by atoms with E-state index in [2.05, 4.69) is 26.6 Å². The van der Waals surface area contributed by atoms with Gasteiger partial charge >= 0.3 is 0 Å². The van der Waals surface area contributed by atoms with Gasteiger partial charge in [0.15, 0.2) is 17.9 Å². The van der Waals surface area contributed by atoms with Crippen LogP contribution in [-0.2, 0) is 44.7 Å². The molecule has 20 heteroatoms. The van der Waals surface area contributed by atoms with E-state index in [0.29, 0.717) is 0 Å². The molecule has 6 rings (SSSR count). The molecule has 2 aromatic carbocycles. The Morgan fingerprint density at radius 1 is 0.881 bits per heavy atom. The van der Waals surface area contributed by atoms with Crippen LogP contribution in [0.2, 0.25) is 0 Å². The van der Waals surface area contributed by atoms with Crippen LogP contribution in [0.5, 0.6) is 17.2 Å². The summed E-state index contributed by atoms with van der Waals surface area (Å²) in [5.74, 6) is -6.74. The number of rotatable bonds is 16. The van der Waals surface area contributed by atoms with Crippen LogP contribution in [0.4, 0.5) is 0 Å². The molecule has 20 nitrogen and oxygen atoms in total. The highest BCUT2D eigenvalue weighted by Gasteiger charge is 2.50. The van der Waals surface area contributed by atoms with E-state index in [1.807, 2.05) is 27.7 Å². The number of phenols is 2. The number of hydrogen-bond acceptors (Lipinski definition) is 15. The summed E-state index contributed by atoms with van der Waals surface area (Å²) >= 11 is 0. The number of ether oxygens (including phenoxy) is 3. The maximum atomic E-state index is 14.1. The van der Waals surface area contributed by atoms with E-state index in [9.17, 15) is 58.8 Å². The van der Waals surface area contributed by atoms with Gasteiger partial charge in [-0.1, -0.05) is 39.8 Å². The number of hydrogen-bond donors (Lipinski definition) is 9. The van der Waals surface area contributed by atoms with Crippen molar-refractivity contribution < 1.29 is 73.0 Å². The Hall–Kier alpha value is -5.96. The van der Waals surface area contributed by atoms with Crippen LogP contribution in [0.3, 0.4) is 0 Å². The van der Waals surface area contributed by atoms with Gasteiger partial charge in [0.25, 0.3) is 0 Å². The summed E-state index contributed by atoms with van der Waals surface area (Å²) in [5.41, 5.74) is -3.82. The number of carbonyl (C=O) groups excluding carboxylic acids is 8. The Morgan fingerprint density at radius 3 is 2.12 bits per heavy atom. The highest BCUT2D eigenvalue weighted by atomic mass is 16.7. The van der Waals surface area contributed by atoms with Gasteiger partial charge in [0, 0.05) is 42.4 Å². The number of aliphatic hydroxyl groups excluding tert-OH is 1. The largest absolute Gasteiger partial charge is 0.507 e. The first-order valence-electron chi connectivity index (χ1n) is 22.6. The molecule has 364 valence electrons. The third-order valence-corrected chi connectivity index (χ3v) is 12.8. The van der Waals surface area contributed by atoms with Crippen LogP contribution < -0.4 is 31.3 Å². The minimum Gasteiger partial charge on any atom is -0.507 e. The van der Waals surface area contributed by atoms with Gasteiger partial charge < -0.3 is 61.2 Å². The first kappa shape index (κ1) is 50.5. The maximum Gasteiger partial charge on any atom is 0.243 e. The molecule has 2 heterocycles. The SMILES string of the molecule is COc1cccc2c1C(=O)c1c(O)c3c(c(O)c1C2=O)C[C@@](O)(C(C)=O)C[C@@H]3O[C@H]1C[C@H](NC(=O)[C@H](CC(C)C)NC(=O)[C@H](C)NC(=O)[C@H](CC(C)C)NC(=O)C2CCC(=O)N2)[C@H](O)[C@H](C)O1. The number of nitrogens with one attached hydrogen (secondary N) is 5. The molecule has 4 aliphatic rings. The number of aliphatic hydroxyl groups is 2. The Kier molecular flexibility index (Phi) is 15.1. The number of ketones is 3. The molecule has 67 heavy (non-hydrogen) atoms. The lowest BCUT2D eigenvalue weighted by atomic mass is 9.72. The molecule has 0 saturated carbocycles. The smallest absolute Gasteiger partial charge is 0.243 e. The topological polar surface area (TPSA) is 305 Å². The standard InChI is InChI=1S/C47H61N5O15/c1-19(2)14-28(52-44(61)26-12-13-32(54)49-26)45(62)48-21(5)43(60)51-29(15-20(3)4)46(63)50-27-16-33(66-22(6)38(27)55)67-31-18-47(64,23(7)53)17-25-35(31)42(59)37-36(40(25)57)39(56)24-10-9-11-30(65-8)34(24)41(37)58/h9-11,19-22,26-29,31,33,38,55,57,59,64H,12-18H2,1-8H3,(H,48,62)(H,49,54)(H,50,63)(H,51,60)(H,52,61)/t21-,22-,26?,27-,28-,29-,31-,33-,38+,47-/m0/s1. The van der Waals surface area contributed by atoms with Crippen molar-refractivity contribution >= 4 is 46.9 Å². The van der Waals surface area contributed by atoms with E-state index in [-0.39, 0.29) is 77.9 Å². The summed E-state index contributed by atoms with van der Waals surface area (Å²) in [6, 6.07) is -0.901. The third kappa shape index (κ3) is 10.5. The van der Waals surface area contributed by atoms with Crippen LogP contribution in [0, 0.1) is 11.8 Å².